The summed E-state index contributed by atoms with van der Waals surface area (Å²) in [6.45, 7) is 3.03. The Balaban J connectivity index is 2.02. The summed E-state index contributed by atoms with van der Waals surface area (Å²) in [5.74, 6) is -4.59. The van der Waals surface area contributed by atoms with Crippen molar-refractivity contribution in [1.29, 1.82) is 0 Å². The van der Waals surface area contributed by atoms with Gasteiger partial charge in [0.05, 0.1) is 5.92 Å². The van der Waals surface area contributed by atoms with Crippen molar-refractivity contribution in [1.82, 2.24) is 0 Å². The van der Waals surface area contributed by atoms with E-state index < -0.39 is 35.2 Å². The highest BCUT2D eigenvalue weighted by Gasteiger charge is 2.62. The van der Waals surface area contributed by atoms with Crippen LogP contribution in [0, 0.1) is 17.3 Å². The van der Waals surface area contributed by atoms with Crippen LogP contribution in [0.5, 0.6) is 0 Å². The average Bonchev–Trinajstić information content (AvgIpc) is 2.97. The fourth-order valence-electron chi connectivity index (χ4n) is 2.57. The number of halogens is 6. The lowest BCUT2D eigenvalue weighted by molar-refractivity contribution is -0.147. The van der Waals surface area contributed by atoms with Gasteiger partial charge in [-0.1, -0.05) is 43.1 Å². The second-order valence-electron chi connectivity index (χ2n) is 6.18. The van der Waals surface area contributed by atoms with Crippen LogP contribution in [0.4, 0.5) is 17.6 Å². The quantitative estimate of drug-likeness (QED) is 0.489. The lowest BCUT2D eigenvalue weighted by Crippen LogP contribution is -2.11. The van der Waals surface area contributed by atoms with E-state index in [1.807, 2.05) is 0 Å². The summed E-state index contributed by atoms with van der Waals surface area (Å²) in [4.78, 5) is 12.1. The summed E-state index contributed by atoms with van der Waals surface area (Å²) >= 11 is 11.7. The zero-order valence-corrected chi connectivity index (χ0v) is 14.3. The smallest absolute Gasteiger partial charge is 0.442 e. The first-order valence-corrected chi connectivity index (χ1v) is 7.75. The number of ether oxygens (including phenoxy) is 1. The van der Waals surface area contributed by atoms with E-state index in [0.29, 0.717) is 21.7 Å². The van der Waals surface area contributed by atoms with Crippen LogP contribution in [-0.4, -0.2) is 12.1 Å². The van der Waals surface area contributed by atoms with Crippen molar-refractivity contribution in [2.45, 2.75) is 26.6 Å². The maximum atomic E-state index is 13.1. The molecule has 2 atom stereocenters. The third-order valence-electron chi connectivity index (χ3n) is 4.15. The highest BCUT2D eigenvalue weighted by atomic mass is 35.5. The molecule has 2 rings (SSSR count). The van der Waals surface area contributed by atoms with Crippen molar-refractivity contribution >= 4 is 29.2 Å². The first kappa shape index (κ1) is 19.1. The molecule has 24 heavy (non-hydrogen) atoms. The van der Waals surface area contributed by atoms with Gasteiger partial charge in [-0.15, -0.1) is 0 Å². The number of hydrogen-bond acceptors (Lipinski definition) is 2. The Morgan fingerprint density at radius 1 is 1.33 bits per heavy atom. The largest absolute Gasteiger partial charge is 0.461 e. The second-order valence-corrected chi connectivity index (χ2v) is 7.02. The molecule has 1 aromatic rings. The van der Waals surface area contributed by atoms with Gasteiger partial charge < -0.3 is 4.74 Å². The van der Waals surface area contributed by atoms with Gasteiger partial charge in [-0.2, -0.15) is 13.2 Å². The molecule has 0 unspecified atom stereocenters. The monoisotopic (exact) mass is 384 g/mol. The molecule has 0 N–H and O–H groups in total. The minimum atomic E-state index is -5.05. The standard InChI is InChI=1S/C16H14Cl2F4O2/c1-15(2)10(6-12(19)16(20,21)22)13(15)14(23)24-7-8-3-4-9(17)5-11(8)18/h3-6,10,13H,7H2,1-2H3/b12-6-/t10-,13+/m0/s1. The Bertz CT molecular complexity index is 683. The number of esters is 1. The van der Waals surface area contributed by atoms with Gasteiger partial charge in [-0.25, -0.2) is 4.39 Å². The van der Waals surface area contributed by atoms with Gasteiger partial charge >= 0.3 is 12.1 Å². The number of benzene rings is 1. The molecule has 0 bridgehead atoms. The third kappa shape index (κ3) is 4.03. The van der Waals surface area contributed by atoms with E-state index in [2.05, 4.69) is 0 Å². The number of alkyl halides is 3. The fourth-order valence-corrected chi connectivity index (χ4v) is 3.03. The Labute approximate surface area is 146 Å². The molecule has 1 aliphatic carbocycles. The molecule has 1 aromatic carbocycles. The SMILES string of the molecule is CC1(C)[C@@H](/C=C(\F)C(F)(F)F)[C@@H]1C(=O)OCc1ccc(Cl)cc1Cl. The minimum absolute atomic E-state index is 0.139. The van der Waals surface area contributed by atoms with E-state index in [1.165, 1.54) is 6.07 Å². The van der Waals surface area contributed by atoms with Crippen molar-refractivity contribution in [2.24, 2.45) is 17.3 Å². The lowest BCUT2D eigenvalue weighted by Gasteiger charge is -2.07. The summed E-state index contributed by atoms with van der Waals surface area (Å²) < 4.78 is 55.0. The maximum Gasteiger partial charge on any atom is 0.442 e. The number of carbonyl (C=O) groups excluding carboxylic acids is 1. The van der Waals surface area contributed by atoms with Crippen LogP contribution >= 0.6 is 23.2 Å². The van der Waals surface area contributed by atoms with Crippen molar-refractivity contribution in [3.63, 3.8) is 0 Å². The molecule has 0 heterocycles. The van der Waals surface area contributed by atoms with Crippen molar-refractivity contribution in [3.05, 3.63) is 45.7 Å². The zero-order chi connectivity index (χ0) is 18.3. The second kappa shape index (κ2) is 6.56. The molecule has 8 heteroatoms. The van der Waals surface area contributed by atoms with Gasteiger partial charge in [-0.05, 0) is 29.5 Å². The maximum absolute atomic E-state index is 13.1. The van der Waals surface area contributed by atoms with Crippen LogP contribution in [0.1, 0.15) is 19.4 Å². The fraction of sp³-hybridized carbons (Fsp3) is 0.438. The van der Waals surface area contributed by atoms with Crippen molar-refractivity contribution in [3.8, 4) is 0 Å². The first-order chi connectivity index (χ1) is 10.9. The number of carbonyl (C=O) groups is 1. The van der Waals surface area contributed by atoms with Gasteiger partial charge in [-0.3, -0.25) is 4.79 Å². The molecule has 2 nitrogen and oxygen atoms in total. The van der Waals surface area contributed by atoms with Crippen LogP contribution in [0.2, 0.25) is 10.0 Å². The van der Waals surface area contributed by atoms with Crippen molar-refractivity contribution < 1.29 is 27.1 Å². The predicted octanol–water partition coefficient (Wildman–Crippen LogP) is 5.72. The highest BCUT2D eigenvalue weighted by Crippen LogP contribution is 2.60. The van der Waals surface area contributed by atoms with E-state index >= 15 is 0 Å². The molecular formula is C16H14Cl2F4O2. The van der Waals surface area contributed by atoms with Crippen LogP contribution in [-0.2, 0) is 16.1 Å². The Morgan fingerprint density at radius 3 is 2.50 bits per heavy atom. The van der Waals surface area contributed by atoms with Crippen LogP contribution in [0.3, 0.4) is 0 Å². The molecule has 1 aliphatic rings. The summed E-state index contributed by atoms with van der Waals surface area (Å²) in [6, 6.07) is 4.64. The van der Waals surface area contributed by atoms with E-state index in [-0.39, 0.29) is 6.61 Å². The van der Waals surface area contributed by atoms with Gasteiger partial charge in [0.2, 0.25) is 0 Å². The number of rotatable bonds is 4. The minimum Gasteiger partial charge on any atom is -0.461 e. The molecule has 0 radical (unpaired) electrons. The Hall–Kier alpha value is -1.27. The van der Waals surface area contributed by atoms with E-state index in [0.717, 1.165) is 0 Å². The molecule has 0 saturated heterocycles. The normalized spacial score (nSPS) is 23.1. The van der Waals surface area contributed by atoms with E-state index in [4.69, 9.17) is 27.9 Å². The average molecular weight is 385 g/mol. The summed E-state index contributed by atoms with van der Waals surface area (Å²) in [6.07, 6.45) is -4.61. The zero-order valence-electron chi connectivity index (χ0n) is 12.8. The van der Waals surface area contributed by atoms with Crippen LogP contribution in [0.25, 0.3) is 0 Å². The topological polar surface area (TPSA) is 26.3 Å². The molecular weight excluding hydrogens is 371 g/mol. The molecule has 0 amide bonds. The third-order valence-corrected chi connectivity index (χ3v) is 4.73. The molecule has 1 fully saturated rings. The van der Waals surface area contributed by atoms with Gasteiger partial charge in [0.25, 0.3) is 0 Å². The van der Waals surface area contributed by atoms with Gasteiger partial charge in [0.1, 0.15) is 6.61 Å². The van der Waals surface area contributed by atoms with Crippen LogP contribution < -0.4 is 0 Å². The van der Waals surface area contributed by atoms with Gasteiger partial charge in [0, 0.05) is 15.6 Å². The number of allylic oxidation sites excluding steroid dienone is 2. The summed E-state index contributed by atoms with van der Waals surface area (Å²) in [5, 5.41) is 0.733. The van der Waals surface area contributed by atoms with Gasteiger partial charge in [0.15, 0.2) is 5.83 Å². The Morgan fingerprint density at radius 2 is 1.96 bits per heavy atom. The first-order valence-electron chi connectivity index (χ1n) is 6.99. The van der Waals surface area contributed by atoms with E-state index in [1.54, 1.807) is 26.0 Å². The van der Waals surface area contributed by atoms with E-state index in [9.17, 15) is 22.4 Å². The summed E-state index contributed by atoms with van der Waals surface area (Å²) in [7, 11) is 0. The molecule has 0 aliphatic heterocycles. The molecule has 1 saturated carbocycles. The Kier molecular flexibility index (Phi) is 5.21. The predicted molar refractivity (Wildman–Crippen MR) is 82.3 cm³/mol. The molecule has 0 aromatic heterocycles. The molecule has 0 spiro atoms. The number of hydrogen-bond donors (Lipinski definition) is 0. The highest BCUT2D eigenvalue weighted by molar-refractivity contribution is 6.35. The molecule has 132 valence electrons. The lowest BCUT2D eigenvalue weighted by atomic mass is 10.1. The summed E-state index contributed by atoms with van der Waals surface area (Å²) in [5.41, 5.74) is -0.287. The van der Waals surface area contributed by atoms with Crippen LogP contribution in [0.15, 0.2) is 30.1 Å². The van der Waals surface area contributed by atoms with Crippen molar-refractivity contribution in [2.75, 3.05) is 0 Å².